The van der Waals surface area contributed by atoms with E-state index < -0.39 is 11.9 Å². The Kier molecular flexibility index (Phi) is 8.21. The average Bonchev–Trinajstić information content (AvgIpc) is 2.25. The van der Waals surface area contributed by atoms with Gasteiger partial charge < -0.3 is 9.84 Å². The molecule has 92 valence electrons. The third-order valence-electron chi connectivity index (χ3n) is 2.17. The number of carbonyl (C=O) groups excluding carboxylic acids is 1. The van der Waals surface area contributed by atoms with E-state index in [4.69, 9.17) is 9.84 Å². The zero-order valence-electron chi connectivity index (χ0n) is 9.99. The molecule has 0 aromatic heterocycles. The van der Waals surface area contributed by atoms with Crippen LogP contribution < -0.4 is 0 Å². The van der Waals surface area contributed by atoms with Crippen LogP contribution in [0.1, 0.15) is 46.0 Å². The van der Waals surface area contributed by atoms with Gasteiger partial charge in [-0.15, -0.1) is 0 Å². The van der Waals surface area contributed by atoms with E-state index in [1.807, 2.05) is 0 Å². The second-order valence-corrected chi connectivity index (χ2v) is 3.56. The lowest BCUT2D eigenvalue weighted by atomic mass is 10.2. The molecular weight excluding hydrogens is 208 g/mol. The van der Waals surface area contributed by atoms with Crippen molar-refractivity contribution in [3.8, 4) is 0 Å². The van der Waals surface area contributed by atoms with Crippen molar-refractivity contribution in [3.05, 3.63) is 11.6 Å². The Morgan fingerprint density at radius 1 is 1.19 bits per heavy atom. The summed E-state index contributed by atoms with van der Waals surface area (Å²) in [4.78, 5) is 21.8. The molecule has 1 N–H and O–H groups in total. The van der Waals surface area contributed by atoms with Gasteiger partial charge in [-0.05, 0) is 12.8 Å². The number of hydrogen-bond donors (Lipinski definition) is 1. The molecule has 16 heavy (non-hydrogen) atoms. The summed E-state index contributed by atoms with van der Waals surface area (Å²) in [5.41, 5.74) is 0.211. The molecular formula is C12H20O4. The summed E-state index contributed by atoms with van der Waals surface area (Å²) >= 11 is 0. The van der Waals surface area contributed by atoms with E-state index in [9.17, 15) is 9.59 Å². The van der Waals surface area contributed by atoms with Crippen molar-refractivity contribution in [2.45, 2.75) is 46.0 Å². The minimum atomic E-state index is -1.11. The molecule has 0 rings (SSSR count). The molecule has 0 saturated carbocycles. The third-order valence-corrected chi connectivity index (χ3v) is 2.17. The van der Waals surface area contributed by atoms with Crippen LogP contribution in [-0.2, 0) is 14.3 Å². The molecule has 0 fully saturated rings. The van der Waals surface area contributed by atoms with Crippen molar-refractivity contribution in [1.29, 1.82) is 0 Å². The molecule has 0 spiro atoms. The zero-order chi connectivity index (χ0) is 12.4. The van der Waals surface area contributed by atoms with Crippen LogP contribution in [0.3, 0.4) is 0 Å². The zero-order valence-corrected chi connectivity index (χ0v) is 9.99. The first-order valence-electron chi connectivity index (χ1n) is 5.72. The second kappa shape index (κ2) is 8.95. The molecule has 0 aliphatic heterocycles. The van der Waals surface area contributed by atoms with Gasteiger partial charge in [0.25, 0.3) is 0 Å². The highest BCUT2D eigenvalue weighted by Crippen LogP contribution is 2.05. The average molecular weight is 228 g/mol. The number of carboxylic acids is 1. The topological polar surface area (TPSA) is 63.6 Å². The highest BCUT2D eigenvalue weighted by atomic mass is 16.5. The highest BCUT2D eigenvalue weighted by molar-refractivity contribution is 5.95. The van der Waals surface area contributed by atoms with Crippen LogP contribution in [0, 0.1) is 0 Å². The molecule has 0 unspecified atom stereocenters. The molecule has 0 atom stereocenters. The van der Waals surface area contributed by atoms with Gasteiger partial charge in [0.2, 0.25) is 0 Å². The smallest absolute Gasteiger partial charge is 0.334 e. The van der Waals surface area contributed by atoms with E-state index in [1.165, 1.54) is 0 Å². The molecule has 4 nitrogen and oxygen atoms in total. The summed E-state index contributed by atoms with van der Waals surface area (Å²) in [5.74, 6) is -1.62. The monoisotopic (exact) mass is 228 g/mol. The van der Waals surface area contributed by atoms with Gasteiger partial charge >= 0.3 is 11.9 Å². The number of rotatable bonds is 8. The minimum Gasteiger partial charge on any atom is -0.478 e. The number of carboxylic acid groups (broad SMARTS) is 1. The molecule has 0 heterocycles. The fourth-order valence-electron chi connectivity index (χ4n) is 1.24. The van der Waals surface area contributed by atoms with Gasteiger partial charge in [0.1, 0.15) is 0 Å². The number of carbonyl (C=O) groups is 2. The Labute approximate surface area is 96.3 Å². The van der Waals surface area contributed by atoms with Crippen molar-refractivity contribution in [3.63, 3.8) is 0 Å². The van der Waals surface area contributed by atoms with Crippen LogP contribution >= 0.6 is 0 Å². The van der Waals surface area contributed by atoms with Gasteiger partial charge in [-0.1, -0.05) is 33.1 Å². The van der Waals surface area contributed by atoms with Crippen molar-refractivity contribution < 1.29 is 19.4 Å². The first-order chi connectivity index (χ1) is 7.61. The molecule has 0 amide bonds. The van der Waals surface area contributed by atoms with E-state index >= 15 is 0 Å². The van der Waals surface area contributed by atoms with E-state index in [2.05, 4.69) is 6.92 Å². The fraction of sp³-hybridized carbons (Fsp3) is 0.667. The number of hydrogen-bond acceptors (Lipinski definition) is 3. The number of aliphatic carboxylic acids is 1. The van der Waals surface area contributed by atoms with Crippen LogP contribution in [0.5, 0.6) is 0 Å². The summed E-state index contributed by atoms with van der Waals surface area (Å²) in [7, 11) is 0. The minimum absolute atomic E-state index is 0.211. The molecule has 4 heteroatoms. The second-order valence-electron chi connectivity index (χ2n) is 3.56. The maximum absolute atomic E-state index is 11.4. The quantitative estimate of drug-likeness (QED) is 0.394. The molecule has 0 aromatic carbocycles. The molecule has 0 aliphatic rings. The predicted octanol–water partition coefficient (Wildman–Crippen LogP) is 2.53. The Balaban J connectivity index is 3.90. The fourth-order valence-corrected chi connectivity index (χ4v) is 1.24. The van der Waals surface area contributed by atoms with Gasteiger partial charge in [-0.2, -0.15) is 0 Å². The van der Waals surface area contributed by atoms with Gasteiger partial charge in [-0.25, -0.2) is 9.59 Å². The van der Waals surface area contributed by atoms with Gasteiger partial charge in [0.05, 0.1) is 6.61 Å². The normalized spacial score (nSPS) is 11.2. The van der Waals surface area contributed by atoms with E-state index in [1.54, 1.807) is 6.92 Å². The largest absolute Gasteiger partial charge is 0.478 e. The molecule has 0 saturated heterocycles. The summed E-state index contributed by atoms with van der Waals surface area (Å²) in [6, 6.07) is 0. The Morgan fingerprint density at radius 2 is 1.88 bits per heavy atom. The summed E-state index contributed by atoms with van der Waals surface area (Å²) in [6.45, 7) is 4.21. The number of esters is 1. The SMILES string of the molecule is CCCCCCOC(=O)/C(=C\C(=O)O)CC. The summed E-state index contributed by atoms with van der Waals surface area (Å²) in [6.07, 6.45) is 5.42. The summed E-state index contributed by atoms with van der Waals surface area (Å²) < 4.78 is 4.97. The molecule has 0 aliphatic carbocycles. The van der Waals surface area contributed by atoms with E-state index in [-0.39, 0.29) is 5.57 Å². The van der Waals surface area contributed by atoms with Gasteiger partial charge in [-0.3, -0.25) is 0 Å². The third kappa shape index (κ3) is 7.04. The lowest BCUT2D eigenvalue weighted by Crippen LogP contribution is -2.10. The molecule has 0 aromatic rings. The molecule has 0 bridgehead atoms. The van der Waals surface area contributed by atoms with Crippen molar-refractivity contribution in [2.75, 3.05) is 6.61 Å². The Bertz CT molecular complexity index is 256. The lowest BCUT2D eigenvalue weighted by Gasteiger charge is -2.05. The van der Waals surface area contributed by atoms with Crippen LogP contribution in [0.2, 0.25) is 0 Å². The standard InChI is InChI=1S/C12H20O4/c1-3-5-6-7-8-16-12(15)10(4-2)9-11(13)14/h9H,3-8H2,1-2H3,(H,13,14)/b10-9-. The Morgan fingerprint density at radius 3 is 2.38 bits per heavy atom. The number of unbranched alkanes of at least 4 members (excludes halogenated alkanes) is 3. The van der Waals surface area contributed by atoms with E-state index in [0.29, 0.717) is 13.0 Å². The maximum atomic E-state index is 11.4. The van der Waals surface area contributed by atoms with Crippen molar-refractivity contribution >= 4 is 11.9 Å². The summed E-state index contributed by atoms with van der Waals surface area (Å²) in [5, 5.41) is 8.52. The van der Waals surface area contributed by atoms with E-state index in [0.717, 1.165) is 31.8 Å². The van der Waals surface area contributed by atoms with Crippen LogP contribution in [-0.4, -0.2) is 23.7 Å². The van der Waals surface area contributed by atoms with Crippen molar-refractivity contribution in [2.24, 2.45) is 0 Å². The predicted molar refractivity (Wildman–Crippen MR) is 61.1 cm³/mol. The maximum Gasteiger partial charge on any atom is 0.334 e. The highest BCUT2D eigenvalue weighted by Gasteiger charge is 2.10. The van der Waals surface area contributed by atoms with Gasteiger partial charge in [0, 0.05) is 11.6 Å². The van der Waals surface area contributed by atoms with Crippen LogP contribution in [0.25, 0.3) is 0 Å². The lowest BCUT2D eigenvalue weighted by molar-refractivity contribution is -0.140. The number of ether oxygens (including phenoxy) is 1. The first kappa shape index (κ1) is 14.7. The van der Waals surface area contributed by atoms with Crippen LogP contribution in [0.15, 0.2) is 11.6 Å². The van der Waals surface area contributed by atoms with Crippen LogP contribution in [0.4, 0.5) is 0 Å². The molecule has 0 radical (unpaired) electrons. The first-order valence-corrected chi connectivity index (χ1v) is 5.72. The van der Waals surface area contributed by atoms with Crippen molar-refractivity contribution in [1.82, 2.24) is 0 Å². The Hall–Kier alpha value is -1.32. The van der Waals surface area contributed by atoms with Gasteiger partial charge in [0.15, 0.2) is 0 Å².